The number of hydrogen-bond acceptors (Lipinski definition) is 4. The maximum absolute atomic E-state index is 5.24. The van der Waals surface area contributed by atoms with Crippen LogP contribution in [0.5, 0.6) is 5.75 Å². The van der Waals surface area contributed by atoms with Crippen LogP contribution >= 0.6 is 38.6 Å². The minimum Gasteiger partial charge on any atom is -0.496 e. The Bertz CT molecular complexity index is 506. The molecule has 2 nitrogen and oxygen atoms in total. The Morgan fingerprint density at radius 1 is 1.41 bits per heavy atom. The second-order valence-corrected chi connectivity index (χ2v) is 7.25. The third-order valence-electron chi connectivity index (χ3n) is 2.64. The summed E-state index contributed by atoms with van der Waals surface area (Å²) in [5.41, 5.74) is 1.33. The quantitative estimate of drug-likeness (QED) is 0.906. The maximum Gasteiger partial charge on any atom is 0.129 e. The van der Waals surface area contributed by atoms with Gasteiger partial charge in [-0.3, -0.25) is 0 Å². The molecule has 17 heavy (non-hydrogen) atoms. The number of rotatable bonds is 4. The lowest BCUT2D eigenvalue weighted by molar-refractivity contribution is 0.416. The van der Waals surface area contributed by atoms with Gasteiger partial charge in [0.25, 0.3) is 0 Å². The van der Waals surface area contributed by atoms with Gasteiger partial charge in [0.05, 0.1) is 16.9 Å². The molecule has 92 valence electrons. The molecule has 0 fully saturated rings. The number of halogens is 1. The number of ether oxygens (including phenoxy) is 1. The Morgan fingerprint density at radius 3 is 2.65 bits per heavy atom. The van der Waals surface area contributed by atoms with Crippen LogP contribution in [-0.2, 0) is 0 Å². The molecule has 2 aromatic heterocycles. The number of thiophene rings is 2. The lowest BCUT2D eigenvalue weighted by Crippen LogP contribution is -2.16. The molecule has 2 rings (SSSR count). The fourth-order valence-electron chi connectivity index (χ4n) is 1.79. The van der Waals surface area contributed by atoms with Crippen LogP contribution in [0.1, 0.15) is 21.4 Å². The first kappa shape index (κ1) is 13.1. The Labute approximate surface area is 118 Å². The number of methoxy groups -OCH3 is 1. The predicted molar refractivity (Wildman–Crippen MR) is 78.5 cm³/mol. The summed E-state index contributed by atoms with van der Waals surface area (Å²) in [4.78, 5) is 2.61. The average Bonchev–Trinajstić information content (AvgIpc) is 2.88. The molecule has 5 heteroatoms. The van der Waals surface area contributed by atoms with E-state index in [4.69, 9.17) is 4.74 Å². The molecule has 0 radical (unpaired) electrons. The van der Waals surface area contributed by atoms with Crippen LogP contribution in [0.25, 0.3) is 0 Å². The van der Waals surface area contributed by atoms with E-state index in [1.165, 1.54) is 19.1 Å². The Hall–Kier alpha value is -0.360. The first-order valence-corrected chi connectivity index (χ1v) is 7.70. The Morgan fingerprint density at radius 2 is 2.18 bits per heavy atom. The van der Waals surface area contributed by atoms with E-state index in [9.17, 15) is 0 Å². The molecule has 2 heterocycles. The van der Waals surface area contributed by atoms with Gasteiger partial charge in [-0.25, -0.2) is 0 Å². The van der Waals surface area contributed by atoms with E-state index in [2.05, 4.69) is 40.3 Å². The van der Waals surface area contributed by atoms with Gasteiger partial charge in [-0.05, 0) is 47.6 Å². The molecule has 0 saturated heterocycles. The zero-order valence-electron chi connectivity index (χ0n) is 9.91. The number of aryl methyl sites for hydroxylation is 1. The molecule has 0 aromatic carbocycles. The maximum atomic E-state index is 5.24. The summed E-state index contributed by atoms with van der Waals surface area (Å²) in [5, 5.41) is 5.41. The van der Waals surface area contributed by atoms with Gasteiger partial charge < -0.3 is 10.1 Å². The smallest absolute Gasteiger partial charge is 0.129 e. The molecule has 0 saturated carbocycles. The molecule has 0 aliphatic rings. The van der Waals surface area contributed by atoms with Crippen molar-refractivity contribution in [2.45, 2.75) is 13.0 Å². The van der Waals surface area contributed by atoms with Crippen molar-refractivity contribution in [2.24, 2.45) is 0 Å². The fraction of sp³-hybridized carbons (Fsp3) is 0.333. The molecule has 1 atom stereocenters. The lowest BCUT2D eigenvalue weighted by atomic mass is 10.1. The van der Waals surface area contributed by atoms with Gasteiger partial charge in [-0.2, -0.15) is 0 Å². The van der Waals surface area contributed by atoms with Crippen LogP contribution in [0.3, 0.4) is 0 Å². The molecule has 2 aromatic rings. The summed E-state index contributed by atoms with van der Waals surface area (Å²) in [7, 11) is 3.69. The van der Waals surface area contributed by atoms with E-state index in [1.807, 2.05) is 12.4 Å². The topological polar surface area (TPSA) is 21.3 Å². The van der Waals surface area contributed by atoms with E-state index in [0.29, 0.717) is 0 Å². The van der Waals surface area contributed by atoms with E-state index >= 15 is 0 Å². The minimum atomic E-state index is 0.242. The van der Waals surface area contributed by atoms with Crippen LogP contribution in [-0.4, -0.2) is 14.2 Å². The highest BCUT2D eigenvalue weighted by Gasteiger charge is 2.18. The summed E-state index contributed by atoms with van der Waals surface area (Å²) < 4.78 is 6.41. The minimum absolute atomic E-state index is 0.242. The van der Waals surface area contributed by atoms with Crippen LogP contribution in [0.15, 0.2) is 21.3 Å². The van der Waals surface area contributed by atoms with Gasteiger partial charge in [0, 0.05) is 15.1 Å². The van der Waals surface area contributed by atoms with Crippen molar-refractivity contribution in [3.05, 3.63) is 36.6 Å². The molecular formula is C12H14BrNOS2. The van der Waals surface area contributed by atoms with E-state index < -0.39 is 0 Å². The number of hydrogen-bond donors (Lipinski definition) is 1. The number of nitrogens with one attached hydrogen (secondary N) is 1. The summed E-state index contributed by atoms with van der Waals surface area (Å²) >= 11 is 7.03. The molecular weight excluding hydrogens is 318 g/mol. The SMILES string of the molecule is CNC(c1cc(OC)cs1)c1cc(Br)sc1C. The summed E-state index contributed by atoms with van der Waals surface area (Å²) in [6.45, 7) is 2.15. The first-order valence-electron chi connectivity index (χ1n) is 5.21. The normalized spacial score (nSPS) is 12.7. The molecule has 0 aliphatic heterocycles. The van der Waals surface area contributed by atoms with Gasteiger partial charge >= 0.3 is 0 Å². The van der Waals surface area contributed by atoms with Crippen LogP contribution in [0, 0.1) is 6.92 Å². The van der Waals surface area contributed by atoms with E-state index in [-0.39, 0.29) is 6.04 Å². The third kappa shape index (κ3) is 2.73. The van der Waals surface area contributed by atoms with Gasteiger partial charge in [-0.1, -0.05) is 0 Å². The van der Waals surface area contributed by atoms with E-state index in [0.717, 1.165) is 5.75 Å². The van der Waals surface area contributed by atoms with Crippen LogP contribution in [0.2, 0.25) is 0 Å². The highest BCUT2D eigenvalue weighted by molar-refractivity contribution is 9.11. The second kappa shape index (κ2) is 5.52. The van der Waals surface area contributed by atoms with Crippen molar-refractivity contribution >= 4 is 38.6 Å². The van der Waals surface area contributed by atoms with Crippen molar-refractivity contribution in [3.8, 4) is 5.75 Å². The Balaban J connectivity index is 2.36. The van der Waals surface area contributed by atoms with E-state index in [1.54, 1.807) is 29.8 Å². The summed E-state index contributed by atoms with van der Waals surface area (Å²) in [6, 6.07) is 4.52. The van der Waals surface area contributed by atoms with Crippen molar-refractivity contribution in [2.75, 3.05) is 14.2 Å². The molecule has 1 N–H and O–H groups in total. The monoisotopic (exact) mass is 331 g/mol. The Kier molecular flexibility index (Phi) is 4.25. The summed E-state index contributed by atoms with van der Waals surface area (Å²) in [6.07, 6.45) is 0. The largest absolute Gasteiger partial charge is 0.496 e. The first-order chi connectivity index (χ1) is 8.15. The van der Waals surface area contributed by atoms with Gasteiger partial charge in [0.1, 0.15) is 5.75 Å². The highest BCUT2D eigenvalue weighted by Crippen LogP contribution is 2.36. The van der Waals surface area contributed by atoms with Crippen molar-refractivity contribution in [1.29, 1.82) is 0 Å². The molecule has 0 spiro atoms. The zero-order chi connectivity index (χ0) is 12.4. The second-order valence-electron chi connectivity index (χ2n) is 3.67. The van der Waals surface area contributed by atoms with Gasteiger partial charge in [-0.15, -0.1) is 22.7 Å². The van der Waals surface area contributed by atoms with Gasteiger partial charge in [0.2, 0.25) is 0 Å². The highest BCUT2D eigenvalue weighted by atomic mass is 79.9. The molecule has 1 unspecified atom stereocenters. The molecule has 0 bridgehead atoms. The van der Waals surface area contributed by atoms with Crippen molar-refractivity contribution in [3.63, 3.8) is 0 Å². The summed E-state index contributed by atoms with van der Waals surface area (Å²) in [5.74, 6) is 0.928. The van der Waals surface area contributed by atoms with Crippen LogP contribution in [0.4, 0.5) is 0 Å². The van der Waals surface area contributed by atoms with Crippen molar-refractivity contribution in [1.82, 2.24) is 5.32 Å². The van der Waals surface area contributed by atoms with Gasteiger partial charge in [0.15, 0.2) is 0 Å². The zero-order valence-corrected chi connectivity index (χ0v) is 13.1. The fourth-order valence-corrected chi connectivity index (χ4v) is 4.52. The predicted octanol–water partition coefficient (Wildman–Crippen LogP) is 4.20. The average molecular weight is 332 g/mol. The molecule has 0 amide bonds. The van der Waals surface area contributed by atoms with Crippen LogP contribution < -0.4 is 10.1 Å². The van der Waals surface area contributed by atoms with Crippen molar-refractivity contribution < 1.29 is 4.74 Å². The lowest BCUT2D eigenvalue weighted by Gasteiger charge is -2.14. The standard InChI is InChI=1S/C12H14BrNOS2/c1-7-9(5-11(13)17-7)12(14-2)10-4-8(15-3)6-16-10/h4-6,12,14H,1-3H3. The third-order valence-corrected chi connectivity index (χ3v) is 5.19. The molecule has 0 aliphatic carbocycles.